The maximum absolute atomic E-state index is 11.5. The topological polar surface area (TPSA) is 29.5 Å². The number of carbonyl (C=O) groups excluding carboxylic acids is 1. The number of fused-ring (bicyclic) bond motifs is 1. The summed E-state index contributed by atoms with van der Waals surface area (Å²) in [5.41, 5.74) is 3.82. The van der Waals surface area contributed by atoms with E-state index in [1.54, 1.807) is 0 Å². The van der Waals surface area contributed by atoms with Gasteiger partial charge in [0.2, 0.25) is 0 Å². The SMILES string of the molecule is CCOC(=O)CN1CCCc2cc(C)ccc21. The first kappa shape index (κ1) is 12.0. The molecule has 0 bridgehead atoms. The molecule has 0 fully saturated rings. The van der Waals surface area contributed by atoms with Gasteiger partial charge in [-0.1, -0.05) is 17.7 Å². The average molecular weight is 233 g/mol. The highest BCUT2D eigenvalue weighted by atomic mass is 16.5. The van der Waals surface area contributed by atoms with Crippen molar-refractivity contribution in [2.45, 2.75) is 26.7 Å². The van der Waals surface area contributed by atoms with Crippen LogP contribution in [0.25, 0.3) is 0 Å². The molecule has 0 atom stereocenters. The first-order chi connectivity index (χ1) is 8.20. The van der Waals surface area contributed by atoms with Crippen molar-refractivity contribution >= 4 is 11.7 Å². The number of carbonyl (C=O) groups is 1. The van der Waals surface area contributed by atoms with Crippen molar-refractivity contribution < 1.29 is 9.53 Å². The van der Waals surface area contributed by atoms with Crippen LogP contribution in [0.2, 0.25) is 0 Å². The summed E-state index contributed by atoms with van der Waals surface area (Å²) in [6.07, 6.45) is 2.21. The minimum absolute atomic E-state index is 0.138. The Morgan fingerprint density at radius 2 is 2.29 bits per heavy atom. The smallest absolute Gasteiger partial charge is 0.325 e. The minimum Gasteiger partial charge on any atom is -0.465 e. The molecule has 2 rings (SSSR count). The Morgan fingerprint density at radius 1 is 1.47 bits per heavy atom. The highest BCUT2D eigenvalue weighted by Gasteiger charge is 2.19. The van der Waals surface area contributed by atoms with Crippen molar-refractivity contribution in [2.24, 2.45) is 0 Å². The Morgan fingerprint density at radius 3 is 3.06 bits per heavy atom. The Balaban J connectivity index is 2.14. The monoisotopic (exact) mass is 233 g/mol. The predicted molar refractivity (Wildman–Crippen MR) is 68.3 cm³/mol. The highest BCUT2D eigenvalue weighted by molar-refractivity contribution is 5.76. The molecule has 92 valence electrons. The number of esters is 1. The summed E-state index contributed by atoms with van der Waals surface area (Å²) in [6, 6.07) is 6.43. The molecule has 0 aromatic heterocycles. The third-order valence-electron chi connectivity index (χ3n) is 3.08. The molecule has 1 aromatic carbocycles. The van der Waals surface area contributed by atoms with Gasteiger partial charge in [-0.2, -0.15) is 0 Å². The summed E-state index contributed by atoms with van der Waals surface area (Å²) in [7, 11) is 0. The Kier molecular flexibility index (Phi) is 3.67. The van der Waals surface area contributed by atoms with E-state index in [1.165, 1.54) is 16.8 Å². The predicted octanol–water partition coefficient (Wildman–Crippen LogP) is 2.31. The molecule has 3 nitrogen and oxygen atoms in total. The lowest BCUT2D eigenvalue weighted by Crippen LogP contribution is -2.35. The van der Waals surface area contributed by atoms with Crippen LogP contribution in [-0.4, -0.2) is 25.7 Å². The van der Waals surface area contributed by atoms with Crippen LogP contribution in [-0.2, 0) is 16.0 Å². The van der Waals surface area contributed by atoms with Crippen molar-refractivity contribution in [3.63, 3.8) is 0 Å². The molecule has 1 aromatic rings. The van der Waals surface area contributed by atoms with E-state index in [-0.39, 0.29) is 5.97 Å². The number of nitrogens with zero attached hydrogens (tertiary/aromatic N) is 1. The largest absolute Gasteiger partial charge is 0.465 e. The van der Waals surface area contributed by atoms with Crippen LogP contribution in [0.15, 0.2) is 18.2 Å². The summed E-state index contributed by atoms with van der Waals surface area (Å²) in [5, 5.41) is 0. The van der Waals surface area contributed by atoms with Gasteiger partial charge in [0.05, 0.1) is 6.61 Å². The molecule has 1 aliphatic rings. The Labute approximate surface area is 102 Å². The van der Waals surface area contributed by atoms with Crippen molar-refractivity contribution in [3.05, 3.63) is 29.3 Å². The number of hydrogen-bond acceptors (Lipinski definition) is 3. The molecule has 1 heterocycles. The van der Waals surface area contributed by atoms with Crippen molar-refractivity contribution in [2.75, 3.05) is 24.6 Å². The fourth-order valence-corrected chi connectivity index (χ4v) is 2.33. The fourth-order valence-electron chi connectivity index (χ4n) is 2.33. The van der Waals surface area contributed by atoms with E-state index >= 15 is 0 Å². The highest BCUT2D eigenvalue weighted by Crippen LogP contribution is 2.27. The van der Waals surface area contributed by atoms with Crippen molar-refractivity contribution in [1.82, 2.24) is 0 Å². The number of benzene rings is 1. The Bertz CT molecular complexity index is 415. The van der Waals surface area contributed by atoms with Crippen LogP contribution in [0.4, 0.5) is 5.69 Å². The van der Waals surface area contributed by atoms with Crippen LogP contribution < -0.4 is 4.90 Å². The lowest BCUT2D eigenvalue weighted by molar-refractivity contribution is -0.141. The zero-order chi connectivity index (χ0) is 12.3. The van der Waals surface area contributed by atoms with Crippen molar-refractivity contribution in [1.29, 1.82) is 0 Å². The molecular weight excluding hydrogens is 214 g/mol. The maximum atomic E-state index is 11.5. The van der Waals surface area contributed by atoms with Gasteiger partial charge in [0.25, 0.3) is 0 Å². The normalized spacial score (nSPS) is 14.4. The summed E-state index contributed by atoms with van der Waals surface area (Å²) in [5.74, 6) is -0.138. The van der Waals surface area contributed by atoms with Crippen LogP contribution in [0.3, 0.4) is 0 Å². The maximum Gasteiger partial charge on any atom is 0.325 e. The first-order valence-corrected chi connectivity index (χ1v) is 6.21. The van der Waals surface area contributed by atoms with Crippen molar-refractivity contribution in [3.8, 4) is 0 Å². The molecule has 0 saturated carbocycles. The average Bonchev–Trinajstić information content (AvgIpc) is 2.29. The summed E-state index contributed by atoms with van der Waals surface area (Å²) in [6.45, 7) is 5.70. The van der Waals surface area contributed by atoms with E-state index in [1.807, 2.05) is 6.92 Å². The lowest BCUT2D eigenvalue weighted by atomic mass is 10.00. The van der Waals surface area contributed by atoms with Crippen LogP contribution in [0.1, 0.15) is 24.5 Å². The van der Waals surface area contributed by atoms with Crippen LogP contribution in [0.5, 0.6) is 0 Å². The standard InChI is InChI=1S/C14H19NO2/c1-3-17-14(16)10-15-8-4-5-12-9-11(2)6-7-13(12)15/h6-7,9H,3-5,8,10H2,1-2H3. The number of hydrogen-bond donors (Lipinski definition) is 0. The molecule has 0 N–H and O–H groups in total. The molecule has 0 spiro atoms. The summed E-state index contributed by atoms with van der Waals surface area (Å²) in [4.78, 5) is 13.6. The number of anilines is 1. The summed E-state index contributed by atoms with van der Waals surface area (Å²) < 4.78 is 5.00. The van der Waals surface area contributed by atoms with Gasteiger partial charge in [-0.25, -0.2) is 0 Å². The summed E-state index contributed by atoms with van der Waals surface area (Å²) >= 11 is 0. The molecule has 0 amide bonds. The number of rotatable bonds is 3. The van der Waals surface area contributed by atoms with Gasteiger partial charge < -0.3 is 9.64 Å². The Hall–Kier alpha value is -1.51. The van der Waals surface area contributed by atoms with E-state index < -0.39 is 0 Å². The minimum atomic E-state index is -0.138. The van der Waals surface area contributed by atoms with E-state index in [2.05, 4.69) is 30.0 Å². The van der Waals surface area contributed by atoms with E-state index in [4.69, 9.17) is 4.74 Å². The van der Waals surface area contributed by atoms with E-state index in [9.17, 15) is 4.79 Å². The zero-order valence-corrected chi connectivity index (χ0v) is 10.5. The molecule has 1 aliphatic heterocycles. The quantitative estimate of drug-likeness (QED) is 0.750. The molecule has 3 heteroatoms. The molecule has 0 saturated heterocycles. The van der Waals surface area contributed by atoms with E-state index in [0.29, 0.717) is 13.2 Å². The second kappa shape index (κ2) is 5.21. The number of aryl methyl sites for hydroxylation is 2. The zero-order valence-electron chi connectivity index (χ0n) is 10.5. The number of ether oxygens (including phenoxy) is 1. The molecule has 17 heavy (non-hydrogen) atoms. The molecule has 0 unspecified atom stereocenters. The van der Waals surface area contributed by atoms with Gasteiger partial charge in [0, 0.05) is 12.2 Å². The van der Waals surface area contributed by atoms with Gasteiger partial charge in [0.1, 0.15) is 6.54 Å². The van der Waals surface area contributed by atoms with Crippen LogP contribution >= 0.6 is 0 Å². The lowest BCUT2D eigenvalue weighted by Gasteiger charge is -2.30. The fraction of sp³-hybridized carbons (Fsp3) is 0.500. The van der Waals surface area contributed by atoms with Gasteiger partial charge in [0.15, 0.2) is 0 Å². The van der Waals surface area contributed by atoms with Gasteiger partial charge in [-0.15, -0.1) is 0 Å². The van der Waals surface area contributed by atoms with Gasteiger partial charge in [-0.3, -0.25) is 4.79 Å². The van der Waals surface area contributed by atoms with E-state index in [0.717, 1.165) is 19.4 Å². The molecule has 0 radical (unpaired) electrons. The second-order valence-electron chi connectivity index (χ2n) is 4.46. The molecular formula is C14H19NO2. The second-order valence-corrected chi connectivity index (χ2v) is 4.46. The van der Waals surface area contributed by atoms with Gasteiger partial charge in [-0.05, 0) is 38.3 Å². The third kappa shape index (κ3) is 2.78. The van der Waals surface area contributed by atoms with Gasteiger partial charge >= 0.3 is 5.97 Å². The first-order valence-electron chi connectivity index (χ1n) is 6.21. The molecule has 0 aliphatic carbocycles. The van der Waals surface area contributed by atoms with Crippen LogP contribution in [0, 0.1) is 6.92 Å². The third-order valence-corrected chi connectivity index (χ3v) is 3.08.